The smallest absolute Gasteiger partial charge is 0.0326 e. The van der Waals surface area contributed by atoms with Crippen LogP contribution in [0.2, 0.25) is 0 Å². The Bertz CT molecular complexity index is 67.3. The molecule has 0 aliphatic carbocycles. The van der Waals surface area contributed by atoms with Gasteiger partial charge in [0.1, 0.15) is 0 Å². The fourth-order valence-corrected chi connectivity index (χ4v) is 2.98. The Kier molecular flexibility index (Phi) is 8.86. The first-order chi connectivity index (χ1) is 5.35. The van der Waals surface area contributed by atoms with Crippen molar-refractivity contribution >= 4 is 7.92 Å². The van der Waals surface area contributed by atoms with Crippen LogP contribution in [0.25, 0.3) is 0 Å². The Labute approximate surface area is 73.5 Å². The summed E-state index contributed by atoms with van der Waals surface area (Å²) in [5, 5.41) is 0. The van der Waals surface area contributed by atoms with Gasteiger partial charge in [0.05, 0.1) is 0 Å². The number of unbranched alkanes of at least 4 members (excludes halogenated alkanes) is 3. The molecule has 0 amide bonds. The summed E-state index contributed by atoms with van der Waals surface area (Å²) in [6, 6.07) is 0. The molecule has 0 heterocycles. The van der Waals surface area contributed by atoms with Crippen molar-refractivity contribution in [1.29, 1.82) is 0 Å². The molecule has 0 aliphatic heterocycles. The van der Waals surface area contributed by atoms with E-state index in [0.29, 0.717) is 7.92 Å². The molecule has 0 spiro atoms. The predicted octanol–water partition coefficient (Wildman–Crippen LogP) is 3.90. The molecule has 0 saturated carbocycles. The van der Waals surface area contributed by atoms with Crippen LogP contribution in [0.1, 0.15) is 39.5 Å². The summed E-state index contributed by atoms with van der Waals surface area (Å²) in [6.45, 7) is 8.51. The van der Waals surface area contributed by atoms with Crippen molar-refractivity contribution in [2.75, 3.05) is 18.5 Å². The Hall–Kier alpha value is 0.430. The van der Waals surface area contributed by atoms with Crippen molar-refractivity contribution in [3.63, 3.8) is 0 Å². The molecule has 0 atom stereocenters. The minimum atomic E-state index is 0.407. The van der Waals surface area contributed by atoms with Crippen LogP contribution in [0.3, 0.4) is 0 Å². The average molecular weight is 173 g/mol. The van der Waals surface area contributed by atoms with E-state index in [1.807, 2.05) is 0 Å². The minimum absolute atomic E-state index is 0.407. The van der Waals surface area contributed by atoms with E-state index in [1.165, 1.54) is 37.7 Å². The minimum Gasteiger partial charge on any atom is -0.107 e. The van der Waals surface area contributed by atoms with Gasteiger partial charge >= 0.3 is 0 Å². The van der Waals surface area contributed by atoms with E-state index in [1.54, 1.807) is 0 Å². The number of hydrogen-bond donors (Lipinski definition) is 0. The fraction of sp³-hybridized carbons (Fsp3) is 0.900. The van der Waals surface area contributed by atoms with Crippen LogP contribution in [0.15, 0.2) is 0 Å². The van der Waals surface area contributed by atoms with Gasteiger partial charge in [0.15, 0.2) is 0 Å². The Morgan fingerprint density at radius 2 is 1.64 bits per heavy atom. The molecule has 0 aromatic rings. The van der Waals surface area contributed by atoms with Gasteiger partial charge in [-0.15, -0.1) is 7.92 Å². The molecule has 0 aromatic carbocycles. The molecule has 0 aromatic heterocycles. The second kappa shape index (κ2) is 8.53. The Balaban J connectivity index is 3.07. The summed E-state index contributed by atoms with van der Waals surface area (Å²) in [5.41, 5.74) is 0. The van der Waals surface area contributed by atoms with Crippen LogP contribution in [0, 0.1) is 6.92 Å². The van der Waals surface area contributed by atoms with Gasteiger partial charge in [-0.25, -0.2) is 0 Å². The van der Waals surface area contributed by atoms with Crippen molar-refractivity contribution in [3.8, 4) is 0 Å². The molecule has 0 rings (SSSR count). The second-order valence-corrected chi connectivity index (χ2v) is 5.99. The molecule has 11 heavy (non-hydrogen) atoms. The number of hydrogen-bond acceptors (Lipinski definition) is 0. The highest BCUT2D eigenvalue weighted by molar-refractivity contribution is 7.57. The second-order valence-electron chi connectivity index (χ2n) is 2.94. The highest BCUT2D eigenvalue weighted by atomic mass is 31.1. The van der Waals surface area contributed by atoms with Gasteiger partial charge in [0.25, 0.3) is 0 Å². The fourth-order valence-electron chi connectivity index (χ4n) is 1.23. The maximum absolute atomic E-state index is 3.85. The predicted molar refractivity (Wildman–Crippen MR) is 56.7 cm³/mol. The molecule has 0 unspecified atom stereocenters. The van der Waals surface area contributed by atoms with E-state index in [4.69, 9.17) is 0 Å². The molecule has 0 bridgehead atoms. The van der Waals surface area contributed by atoms with Crippen LogP contribution in [-0.2, 0) is 0 Å². The van der Waals surface area contributed by atoms with Crippen LogP contribution in [-0.4, -0.2) is 18.5 Å². The highest BCUT2D eigenvalue weighted by Gasteiger charge is 2.00. The van der Waals surface area contributed by atoms with E-state index in [2.05, 4.69) is 20.8 Å². The van der Waals surface area contributed by atoms with Gasteiger partial charge < -0.3 is 0 Å². The van der Waals surface area contributed by atoms with Gasteiger partial charge in [0, 0.05) is 0 Å². The quantitative estimate of drug-likeness (QED) is 0.404. The lowest BCUT2D eigenvalue weighted by Crippen LogP contribution is -1.90. The van der Waals surface area contributed by atoms with Gasteiger partial charge in [-0.05, 0) is 24.9 Å². The third kappa shape index (κ3) is 6.81. The lowest BCUT2D eigenvalue weighted by Gasteiger charge is -2.11. The van der Waals surface area contributed by atoms with E-state index >= 15 is 0 Å². The molecule has 0 N–H and O–H groups in total. The van der Waals surface area contributed by atoms with E-state index in [9.17, 15) is 0 Å². The van der Waals surface area contributed by atoms with Crippen LogP contribution >= 0.6 is 7.92 Å². The van der Waals surface area contributed by atoms with Crippen molar-refractivity contribution in [2.45, 2.75) is 39.5 Å². The summed E-state index contributed by atoms with van der Waals surface area (Å²) >= 11 is 0. The normalized spacial score (nSPS) is 10.9. The van der Waals surface area contributed by atoms with Crippen LogP contribution in [0.5, 0.6) is 0 Å². The summed E-state index contributed by atoms with van der Waals surface area (Å²) in [7, 11) is 0.407. The zero-order valence-electron chi connectivity index (χ0n) is 8.10. The highest BCUT2D eigenvalue weighted by Crippen LogP contribution is 2.35. The molecule has 1 radical (unpaired) electrons. The molecule has 0 fully saturated rings. The zero-order chi connectivity index (χ0) is 8.53. The molecule has 1 heteroatoms. The molecule has 67 valence electrons. The molecule has 0 aliphatic rings. The Morgan fingerprint density at radius 1 is 1.00 bits per heavy atom. The molecule has 0 saturated heterocycles. The van der Waals surface area contributed by atoms with Gasteiger partial charge in [-0.3, -0.25) is 0 Å². The molecular weight excluding hydrogens is 151 g/mol. The monoisotopic (exact) mass is 173 g/mol. The van der Waals surface area contributed by atoms with Crippen molar-refractivity contribution in [3.05, 3.63) is 6.92 Å². The Morgan fingerprint density at radius 3 is 2.09 bits per heavy atom. The first-order valence-corrected chi connectivity index (χ1v) is 6.76. The maximum Gasteiger partial charge on any atom is -0.0326 e. The van der Waals surface area contributed by atoms with Gasteiger partial charge in [0.2, 0.25) is 0 Å². The van der Waals surface area contributed by atoms with Gasteiger partial charge in [-0.2, -0.15) is 0 Å². The topological polar surface area (TPSA) is 0 Å². The van der Waals surface area contributed by atoms with Crippen molar-refractivity contribution in [2.24, 2.45) is 0 Å². The lowest BCUT2D eigenvalue weighted by atomic mass is 10.2. The SMILES string of the molecule is [CH2]CCCCCP(CC)CC. The van der Waals surface area contributed by atoms with E-state index in [0.717, 1.165) is 6.42 Å². The molecular formula is C10H22P. The maximum atomic E-state index is 3.85. The average Bonchev–Trinajstić information content (AvgIpc) is 2.05. The van der Waals surface area contributed by atoms with E-state index < -0.39 is 0 Å². The largest absolute Gasteiger partial charge is 0.107 e. The van der Waals surface area contributed by atoms with Crippen LogP contribution in [0.4, 0.5) is 0 Å². The third-order valence-electron chi connectivity index (χ3n) is 2.12. The van der Waals surface area contributed by atoms with Crippen LogP contribution < -0.4 is 0 Å². The van der Waals surface area contributed by atoms with Gasteiger partial charge in [-0.1, -0.05) is 40.0 Å². The first-order valence-electron chi connectivity index (χ1n) is 4.86. The standard InChI is InChI=1S/C10H22P/c1-4-7-8-9-10-11(5-2)6-3/h1,4-10H2,2-3H3. The summed E-state index contributed by atoms with van der Waals surface area (Å²) in [4.78, 5) is 0. The third-order valence-corrected chi connectivity index (χ3v) is 4.86. The summed E-state index contributed by atoms with van der Waals surface area (Å²) in [6.07, 6.45) is 9.66. The van der Waals surface area contributed by atoms with Crippen molar-refractivity contribution < 1.29 is 0 Å². The summed E-state index contributed by atoms with van der Waals surface area (Å²) in [5.74, 6) is 0. The number of rotatable bonds is 7. The molecule has 0 nitrogen and oxygen atoms in total. The zero-order valence-corrected chi connectivity index (χ0v) is 9.00. The summed E-state index contributed by atoms with van der Waals surface area (Å²) < 4.78 is 0. The van der Waals surface area contributed by atoms with Crippen molar-refractivity contribution in [1.82, 2.24) is 0 Å². The van der Waals surface area contributed by atoms with E-state index in [-0.39, 0.29) is 0 Å². The lowest BCUT2D eigenvalue weighted by molar-refractivity contribution is 0.730. The first kappa shape index (κ1) is 11.4.